The normalized spacial score (nSPS) is 30.2. The van der Waals surface area contributed by atoms with Gasteiger partial charge in [0.05, 0.1) is 6.04 Å². The van der Waals surface area contributed by atoms with Gasteiger partial charge in [0.25, 0.3) is 10.0 Å². The number of nitrogens with two attached hydrogens (primary N) is 1. The van der Waals surface area contributed by atoms with Gasteiger partial charge in [-0.3, -0.25) is 4.79 Å². The summed E-state index contributed by atoms with van der Waals surface area (Å²) in [6, 6.07) is 2.76. The third-order valence-corrected chi connectivity index (χ3v) is 8.11. The highest BCUT2D eigenvalue weighted by Gasteiger charge is 2.40. The van der Waals surface area contributed by atoms with Crippen molar-refractivity contribution in [3.63, 3.8) is 0 Å². The molecule has 1 heterocycles. The SMILES string of the molecule is CC(NS(=O)(=O)c1cccs1)C(=O)NC1C2CCCC1CC(N)C2.Cl. The minimum atomic E-state index is -3.64. The Labute approximate surface area is 159 Å². The van der Waals surface area contributed by atoms with Crippen molar-refractivity contribution in [2.24, 2.45) is 17.6 Å². The second-order valence-electron chi connectivity index (χ2n) is 6.99. The van der Waals surface area contributed by atoms with Crippen LogP contribution in [0.15, 0.2) is 21.7 Å². The first-order valence-electron chi connectivity index (χ1n) is 8.48. The van der Waals surface area contributed by atoms with Crippen LogP contribution in [0.5, 0.6) is 0 Å². The quantitative estimate of drug-likeness (QED) is 0.693. The van der Waals surface area contributed by atoms with E-state index in [-0.39, 0.29) is 34.6 Å². The fourth-order valence-corrected chi connectivity index (χ4v) is 6.29. The van der Waals surface area contributed by atoms with Crippen molar-refractivity contribution >= 4 is 39.7 Å². The highest BCUT2D eigenvalue weighted by Crippen LogP contribution is 2.39. The van der Waals surface area contributed by atoms with E-state index in [1.165, 1.54) is 12.5 Å². The summed E-state index contributed by atoms with van der Waals surface area (Å²) in [5.41, 5.74) is 6.11. The van der Waals surface area contributed by atoms with Crippen LogP contribution in [-0.4, -0.2) is 32.5 Å². The Morgan fingerprint density at radius 1 is 1.32 bits per heavy atom. The molecule has 0 aliphatic heterocycles. The van der Waals surface area contributed by atoms with Gasteiger partial charge >= 0.3 is 0 Å². The van der Waals surface area contributed by atoms with Gasteiger partial charge in [-0.15, -0.1) is 23.7 Å². The van der Waals surface area contributed by atoms with Crippen molar-refractivity contribution in [1.29, 1.82) is 0 Å². The first-order valence-corrected chi connectivity index (χ1v) is 10.8. The molecule has 6 nitrogen and oxygen atoms in total. The molecule has 25 heavy (non-hydrogen) atoms. The van der Waals surface area contributed by atoms with E-state index in [4.69, 9.17) is 5.73 Å². The van der Waals surface area contributed by atoms with Crippen LogP contribution in [0.4, 0.5) is 0 Å². The lowest BCUT2D eigenvalue weighted by Gasteiger charge is -2.45. The fourth-order valence-electron chi connectivity index (χ4n) is 4.07. The molecular formula is C16H26ClN3O3S2. The van der Waals surface area contributed by atoms with Crippen LogP contribution in [0.3, 0.4) is 0 Å². The van der Waals surface area contributed by atoms with E-state index in [0.717, 1.165) is 37.0 Å². The van der Waals surface area contributed by atoms with Crippen LogP contribution in [-0.2, 0) is 14.8 Å². The number of thiophene rings is 1. The van der Waals surface area contributed by atoms with E-state index in [9.17, 15) is 13.2 Å². The molecule has 2 bridgehead atoms. The topological polar surface area (TPSA) is 101 Å². The molecule has 0 saturated heterocycles. The maximum atomic E-state index is 12.5. The summed E-state index contributed by atoms with van der Waals surface area (Å²) in [5, 5.41) is 4.79. The second-order valence-corrected chi connectivity index (χ2v) is 9.88. The van der Waals surface area contributed by atoms with Crippen LogP contribution in [0.1, 0.15) is 39.0 Å². The van der Waals surface area contributed by atoms with Crippen LogP contribution in [0.2, 0.25) is 0 Å². The number of amides is 1. The van der Waals surface area contributed by atoms with Gasteiger partial charge in [0.2, 0.25) is 5.91 Å². The maximum absolute atomic E-state index is 12.5. The Bertz CT molecular complexity index is 667. The summed E-state index contributed by atoms with van der Waals surface area (Å²) in [6.45, 7) is 1.59. The van der Waals surface area contributed by atoms with Crippen molar-refractivity contribution < 1.29 is 13.2 Å². The summed E-state index contributed by atoms with van der Waals surface area (Å²) < 4.78 is 27.2. The van der Waals surface area contributed by atoms with E-state index in [1.54, 1.807) is 18.4 Å². The molecule has 3 rings (SSSR count). The molecule has 1 aromatic heterocycles. The van der Waals surface area contributed by atoms with E-state index >= 15 is 0 Å². The molecule has 3 unspecified atom stereocenters. The molecule has 0 aromatic carbocycles. The minimum absolute atomic E-state index is 0. The summed E-state index contributed by atoms with van der Waals surface area (Å²) in [5.74, 6) is 0.572. The van der Waals surface area contributed by atoms with Crippen molar-refractivity contribution in [1.82, 2.24) is 10.0 Å². The summed E-state index contributed by atoms with van der Waals surface area (Å²) >= 11 is 1.14. The first-order chi connectivity index (χ1) is 11.4. The zero-order chi connectivity index (χ0) is 17.3. The predicted molar refractivity (Wildman–Crippen MR) is 101 cm³/mol. The minimum Gasteiger partial charge on any atom is -0.351 e. The standard InChI is InChI=1S/C16H25N3O3S2.ClH/c1-10(19-24(21,22)14-6-3-7-23-14)16(20)18-15-11-4-2-5-12(15)9-13(17)8-11;/h3,6-7,10-13,15,19H,2,4-5,8-9,17H2,1H3,(H,18,20);1H. The zero-order valence-electron chi connectivity index (χ0n) is 14.2. The van der Waals surface area contributed by atoms with Crippen LogP contribution in [0.25, 0.3) is 0 Å². The molecule has 0 spiro atoms. The number of hydrogen-bond donors (Lipinski definition) is 3. The van der Waals surface area contributed by atoms with E-state index in [0.29, 0.717) is 11.8 Å². The molecule has 142 valence electrons. The third kappa shape index (κ3) is 4.74. The Morgan fingerprint density at radius 3 is 2.52 bits per heavy atom. The molecule has 9 heteroatoms. The number of sulfonamides is 1. The lowest BCUT2D eigenvalue weighted by atomic mass is 9.67. The summed E-state index contributed by atoms with van der Waals surface area (Å²) in [7, 11) is -3.64. The Morgan fingerprint density at radius 2 is 1.96 bits per heavy atom. The van der Waals surface area contributed by atoms with Crippen LogP contribution in [0, 0.1) is 11.8 Å². The van der Waals surface area contributed by atoms with Gasteiger partial charge in [-0.2, -0.15) is 4.72 Å². The van der Waals surface area contributed by atoms with Crippen LogP contribution >= 0.6 is 23.7 Å². The smallest absolute Gasteiger partial charge is 0.250 e. The number of rotatable bonds is 5. The van der Waals surface area contributed by atoms with Crippen LogP contribution < -0.4 is 15.8 Å². The Balaban J connectivity index is 0.00000225. The molecule has 4 N–H and O–H groups in total. The largest absolute Gasteiger partial charge is 0.351 e. The number of halogens is 1. The Kier molecular flexibility index (Phi) is 6.89. The van der Waals surface area contributed by atoms with Gasteiger partial charge in [-0.05, 0) is 55.9 Å². The van der Waals surface area contributed by atoms with Crippen molar-refractivity contribution in [2.75, 3.05) is 0 Å². The average molecular weight is 408 g/mol. The van der Waals surface area contributed by atoms with Gasteiger partial charge in [0.1, 0.15) is 4.21 Å². The Hall–Kier alpha value is -0.670. The maximum Gasteiger partial charge on any atom is 0.250 e. The zero-order valence-corrected chi connectivity index (χ0v) is 16.6. The highest BCUT2D eigenvalue weighted by molar-refractivity contribution is 7.91. The van der Waals surface area contributed by atoms with Gasteiger partial charge in [-0.1, -0.05) is 12.5 Å². The molecular weight excluding hydrogens is 382 g/mol. The molecule has 2 aliphatic rings. The summed E-state index contributed by atoms with van der Waals surface area (Å²) in [4.78, 5) is 12.5. The predicted octanol–water partition coefficient (Wildman–Crippen LogP) is 1.86. The summed E-state index contributed by atoms with van der Waals surface area (Å²) in [6.07, 6.45) is 5.25. The number of fused-ring (bicyclic) bond motifs is 2. The second kappa shape index (κ2) is 8.35. The number of nitrogens with one attached hydrogen (secondary N) is 2. The molecule has 2 fully saturated rings. The molecule has 0 radical (unpaired) electrons. The van der Waals surface area contributed by atoms with E-state index < -0.39 is 16.1 Å². The van der Waals surface area contributed by atoms with Crippen molar-refractivity contribution in [3.8, 4) is 0 Å². The van der Waals surface area contributed by atoms with Gasteiger partial charge < -0.3 is 11.1 Å². The highest BCUT2D eigenvalue weighted by atomic mass is 35.5. The van der Waals surface area contributed by atoms with E-state index in [1.807, 2.05) is 0 Å². The number of hydrogen-bond acceptors (Lipinski definition) is 5. The average Bonchev–Trinajstić information content (AvgIpc) is 3.02. The fraction of sp³-hybridized carbons (Fsp3) is 0.688. The molecule has 1 aromatic rings. The lowest BCUT2D eigenvalue weighted by Crippen LogP contribution is -2.57. The van der Waals surface area contributed by atoms with Gasteiger partial charge in [0, 0.05) is 12.1 Å². The van der Waals surface area contributed by atoms with Gasteiger partial charge in [-0.25, -0.2) is 8.42 Å². The monoisotopic (exact) mass is 407 g/mol. The van der Waals surface area contributed by atoms with Crippen molar-refractivity contribution in [3.05, 3.63) is 17.5 Å². The molecule has 2 saturated carbocycles. The number of carbonyl (C=O) groups is 1. The van der Waals surface area contributed by atoms with E-state index in [2.05, 4.69) is 10.0 Å². The first kappa shape index (κ1) is 20.6. The van der Waals surface area contributed by atoms with Gasteiger partial charge in [0.15, 0.2) is 0 Å². The van der Waals surface area contributed by atoms with Crippen molar-refractivity contribution in [2.45, 2.75) is 61.4 Å². The number of carbonyl (C=O) groups excluding carboxylic acids is 1. The molecule has 1 amide bonds. The third-order valence-electron chi connectivity index (χ3n) is 5.17. The molecule has 2 aliphatic carbocycles. The lowest BCUT2D eigenvalue weighted by molar-refractivity contribution is -0.124. The molecule has 3 atom stereocenters.